The van der Waals surface area contributed by atoms with E-state index >= 15 is 0 Å². The molecule has 1 aliphatic heterocycles. The van der Waals surface area contributed by atoms with E-state index in [0.717, 1.165) is 13.1 Å². The Labute approximate surface area is 74.5 Å². The fourth-order valence-electron chi connectivity index (χ4n) is 2.00. The lowest BCUT2D eigenvalue weighted by molar-refractivity contribution is -0.0894. The molecule has 0 radical (unpaired) electrons. The first-order valence-electron chi connectivity index (χ1n) is 4.59. The molecule has 0 aromatic heterocycles. The number of hydrogen-bond donors (Lipinski definition) is 2. The van der Waals surface area contributed by atoms with Crippen molar-refractivity contribution in [3.8, 4) is 0 Å². The van der Waals surface area contributed by atoms with Gasteiger partial charge >= 0.3 is 0 Å². The lowest BCUT2D eigenvalue weighted by Gasteiger charge is -2.45. The van der Waals surface area contributed by atoms with Gasteiger partial charge in [0.2, 0.25) is 0 Å². The molecule has 1 heterocycles. The van der Waals surface area contributed by atoms with Crippen molar-refractivity contribution in [2.75, 3.05) is 26.7 Å². The van der Waals surface area contributed by atoms with Gasteiger partial charge in [0.25, 0.3) is 0 Å². The number of hydrogen-bond acceptors (Lipinski definition) is 3. The predicted molar refractivity (Wildman–Crippen MR) is 49.8 cm³/mol. The van der Waals surface area contributed by atoms with Gasteiger partial charge < -0.3 is 15.7 Å². The Morgan fingerprint density at radius 3 is 2.67 bits per heavy atom. The molecule has 3 nitrogen and oxygen atoms in total. The van der Waals surface area contributed by atoms with Crippen LogP contribution >= 0.6 is 0 Å². The van der Waals surface area contributed by atoms with Gasteiger partial charge in [-0.15, -0.1) is 0 Å². The topological polar surface area (TPSA) is 49.5 Å². The van der Waals surface area contributed by atoms with Crippen LogP contribution in [0.15, 0.2) is 0 Å². The number of nitrogens with two attached hydrogens (primary N) is 1. The second-order valence-corrected chi connectivity index (χ2v) is 4.28. The van der Waals surface area contributed by atoms with E-state index in [1.54, 1.807) is 0 Å². The summed E-state index contributed by atoms with van der Waals surface area (Å²) in [7, 11) is 2.08. The maximum Gasteiger partial charge on any atom is 0.0709 e. The van der Waals surface area contributed by atoms with E-state index in [0.29, 0.717) is 12.5 Å². The Morgan fingerprint density at radius 1 is 1.58 bits per heavy atom. The van der Waals surface area contributed by atoms with Crippen molar-refractivity contribution in [3.63, 3.8) is 0 Å². The molecule has 0 aromatic rings. The zero-order valence-electron chi connectivity index (χ0n) is 8.25. The molecule has 0 amide bonds. The standard InChI is InChI=1S/C9H20N2O/c1-7-5-11(3)6-8(4-10)9(7,2)12/h7-8,12H,4-6,10H2,1-3H3. The minimum absolute atomic E-state index is 0.214. The first-order chi connectivity index (χ1) is 5.48. The van der Waals surface area contributed by atoms with Crippen LogP contribution in [0.3, 0.4) is 0 Å². The molecule has 1 saturated heterocycles. The van der Waals surface area contributed by atoms with Gasteiger partial charge in [-0.05, 0) is 26.4 Å². The van der Waals surface area contributed by atoms with Gasteiger partial charge in [0.1, 0.15) is 0 Å². The molecule has 12 heavy (non-hydrogen) atoms. The third-order valence-corrected chi connectivity index (χ3v) is 3.23. The molecule has 1 rings (SSSR count). The van der Waals surface area contributed by atoms with E-state index in [1.165, 1.54) is 0 Å². The number of nitrogens with zero attached hydrogens (tertiary/aromatic N) is 1. The molecule has 0 saturated carbocycles. The summed E-state index contributed by atoms with van der Waals surface area (Å²) in [6, 6.07) is 0. The molecule has 1 aliphatic rings. The SMILES string of the molecule is CC1CN(C)CC(CN)C1(C)O. The van der Waals surface area contributed by atoms with Crippen LogP contribution in [0.4, 0.5) is 0 Å². The Bertz CT molecular complexity index is 159. The highest BCUT2D eigenvalue weighted by molar-refractivity contribution is 4.93. The van der Waals surface area contributed by atoms with Crippen LogP contribution in [-0.4, -0.2) is 42.3 Å². The molecule has 1 fully saturated rings. The zero-order chi connectivity index (χ0) is 9.35. The molecule has 3 unspecified atom stereocenters. The highest BCUT2D eigenvalue weighted by Crippen LogP contribution is 2.30. The largest absolute Gasteiger partial charge is 0.389 e. The van der Waals surface area contributed by atoms with E-state index in [2.05, 4.69) is 18.9 Å². The molecule has 3 atom stereocenters. The summed E-state index contributed by atoms with van der Waals surface area (Å²) in [6.07, 6.45) is 0. The number of piperidine rings is 1. The van der Waals surface area contributed by atoms with Gasteiger partial charge in [-0.25, -0.2) is 0 Å². The Hall–Kier alpha value is -0.120. The summed E-state index contributed by atoms with van der Waals surface area (Å²) in [5.41, 5.74) is 5.03. The van der Waals surface area contributed by atoms with Crippen LogP contribution in [0.25, 0.3) is 0 Å². The average Bonchev–Trinajstić information content (AvgIpc) is 1.97. The van der Waals surface area contributed by atoms with Crippen LogP contribution in [0.2, 0.25) is 0 Å². The predicted octanol–water partition coefficient (Wildman–Crippen LogP) is -0.106. The van der Waals surface area contributed by atoms with E-state index in [9.17, 15) is 5.11 Å². The lowest BCUT2D eigenvalue weighted by atomic mass is 9.76. The van der Waals surface area contributed by atoms with Crippen LogP contribution in [-0.2, 0) is 0 Å². The zero-order valence-corrected chi connectivity index (χ0v) is 8.25. The first-order valence-corrected chi connectivity index (χ1v) is 4.59. The fourth-order valence-corrected chi connectivity index (χ4v) is 2.00. The van der Waals surface area contributed by atoms with Gasteiger partial charge in [-0.1, -0.05) is 6.92 Å². The van der Waals surface area contributed by atoms with Crippen molar-refractivity contribution in [1.29, 1.82) is 0 Å². The lowest BCUT2D eigenvalue weighted by Crippen LogP contribution is -2.56. The van der Waals surface area contributed by atoms with Crippen LogP contribution in [0, 0.1) is 11.8 Å². The van der Waals surface area contributed by atoms with E-state index in [-0.39, 0.29) is 5.92 Å². The van der Waals surface area contributed by atoms with Crippen molar-refractivity contribution in [3.05, 3.63) is 0 Å². The number of aliphatic hydroxyl groups is 1. The molecule has 3 N–H and O–H groups in total. The van der Waals surface area contributed by atoms with Crippen molar-refractivity contribution < 1.29 is 5.11 Å². The minimum atomic E-state index is -0.582. The van der Waals surface area contributed by atoms with Gasteiger partial charge in [0.05, 0.1) is 5.60 Å². The summed E-state index contributed by atoms with van der Waals surface area (Å²) < 4.78 is 0. The Morgan fingerprint density at radius 2 is 2.17 bits per heavy atom. The average molecular weight is 172 g/mol. The second kappa shape index (κ2) is 3.32. The van der Waals surface area contributed by atoms with Gasteiger partial charge in [0.15, 0.2) is 0 Å². The first kappa shape index (κ1) is 9.96. The molecule has 0 aliphatic carbocycles. The fraction of sp³-hybridized carbons (Fsp3) is 1.00. The van der Waals surface area contributed by atoms with Crippen LogP contribution in [0.1, 0.15) is 13.8 Å². The minimum Gasteiger partial charge on any atom is -0.389 e. The highest BCUT2D eigenvalue weighted by atomic mass is 16.3. The molecular formula is C9H20N2O. The van der Waals surface area contributed by atoms with E-state index < -0.39 is 5.60 Å². The normalized spacial score (nSPS) is 44.8. The second-order valence-electron chi connectivity index (χ2n) is 4.28. The molecule has 0 spiro atoms. The van der Waals surface area contributed by atoms with E-state index in [1.807, 2.05) is 6.92 Å². The maximum absolute atomic E-state index is 10.1. The molecule has 3 heteroatoms. The monoisotopic (exact) mass is 172 g/mol. The smallest absolute Gasteiger partial charge is 0.0709 e. The molecule has 0 bridgehead atoms. The van der Waals surface area contributed by atoms with Crippen molar-refractivity contribution in [2.24, 2.45) is 17.6 Å². The summed E-state index contributed by atoms with van der Waals surface area (Å²) in [6.45, 7) is 6.43. The maximum atomic E-state index is 10.1. The molecule has 0 aromatic carbocycles. The Kier molecular flexibility index (Phi) is 2.76. The van der Waals surface area contributed by atoms with Crippen LogP contribution < -0.4 is 5.73 Å². The van der Waals surface area contributed by atoms with Gasteiger partial charge in [-0.3, -0.25) is 0 Å². The summed E-state index contributed by atoms with van der Waals surface area (Å²) in [5.74, 6) is 0.524. The third kappa shape index (κ3) is 1.63. The van der Waals surface area contributed by atoms with Crippen molar-refractivity contribution >= 4 is 0 Å². The third-order valence-electron chi connectivity index (χ3n) is 3.23. The summed E-state index contributed by atoms with van der Waals surface area (Å²) in [5, 5.41) is 10.1. The summed E-state index contributed by atoms with van der Waals surface area (Å²) >= 11 is 0. The van der Waals surface area contributed by atoms with Gasteiger partial charge in [-0.2, -0.15) is 0 Å². The van der Waals surface area contributed by atoms with E-state index in [4.69, 9.17) is 5.73 Å². The molecular weight excluding hydrogens is 152 g/mol. The van der Waals surface area contributed by atoms with Gasteiger partial charge in [0, 0.05) is 19.0 Å². The quantitative estimate of drug-likeness (QED) is 0.580. The van der Waals surface area contributed by atoms with Crippen molar-refractivity contribution in [1.82, 2.24) is 4.90 Å². The van der Waals surface area contributed by atoms with Crippen LogP contribution in [0.5, 0.6) is 0 Å². The van der Waals surface area contributed by atoms with Crippen molar-refractivity contribution in [2.45, 2.75) is 19.4 Å². The molecule has 72 valence electrons. The number of rotatable bonds is 1. The Balaban J connectivity index is 2.71. The highest BCUT2D eigenvalue weighted by Gasteiger charge is 2.40. The number of likely N-dealkylation sites (tertiary alicyclic amines) is 1. The summed E-state index contributed by atoms with van der Waals surface area (Å²) in [4.78, 5) is 2.24.